The van der Waals surface area contributed by atoms with E-state index in [1.807, 2.05) is 72.8 Å². The minimum absolute atomic E-state index is 0. The molecule has 2 N–H and O–H groups in total. The summed E-state index contributed by atoms with van der Waals surface area (Å²) in [6.45, 7) is 1.40. The van der Waals surface area contributed by atoms with Crippen molar-refractivity contribution in [2.75, 3.05) is 17.2 Å². The molecule has 3 rings (SSSR count). The van der Waals surface area contributed by atoms with Crippen LogP contribution < -0.4 is 4.90 Å². The molecular weight excluding hydrogens is 495 g/mol. The summed E-state index contributed by atoms with van der Waals surface area (Å²) < 4.78 is 12.8. The quantitative estimate of drug-likeness (QED) is 0.222. The molecule has 3 aromatic rings. The van der Waals surface area contributed by atoms with E-state index in [0.717, 1.165) is 34.4 Å². The van der Waals surface area contributed by atoms with Crippen LogP contribution in [0.25, 0.3) is 11.1 Å². The number of benzene rings is 3. The molecule has 0 aromatic heterocycles. The van der Waals surface area contributed by atoms with E-state index in [2.05, 4.69) is 0 Å². The van der Waals surface area contributed by atoms with Crippen molar-refractivity contribution in [1.82, 2.24) is 0 Å². The van der Waals surface area contributed by atoms with Crippen LogP contribution >= 0.6 is 7.37 Å². The average Bonchev–Trinajstić information content (AvgIpc) is 2.83. The van der Waals surface area contributed by atoms with Crippen molar-refractivity contribution in [3.05, 3.63) is 90.5 Å². The summed E-state index contributed by atoms with van der Waals surface area (Å²) in [5, 5.41) is 9.55. The van der Waals surface area contributed by atoms with Crippen LogP contribution in [0.4, 0.5) is 5.69 Å². The molecule has 0 heterocycles. The van der Waals surface area contributed by atoms with Gasteiger partial charge < -0.3 is 10.00 Å². The van der Waals surface area contributed by atoms with E-state index >= 15 is 0 Å². The Bertz CT molecular complexity index is 1140. The van der Waals surface area contributed by atoms with Crippen molar-refractivity contribution in [2.24, 2.45) is 0 Å². The van der Waals surface area contributed by atoms with Gasteiger partial charge in [-0.2, -0.15) is 0 Å². The number of unbranched alkanes of at least 4 members (excludes halogenated alkanes) is 1. The number of nitrogens with zero attached hydrogens (tertiary/aromatic N) is 1. The van der Waals surface area contributed by atoms with Crippen molar-refractivity contribution in [2.45, 2.75) is 32.2 Å². The SMILES string of the molecule is C[C@@H](C(=O)O)N(C(=O)CP(=O)(O)CCCCc1ccccc1)c1ccc(-c2ccccc2)cc1.[NaH].[NaH]. The van der Waals surface area contributed by atoms with Crippen LogP contribution in [0.5, 0.6) is 0 Å². The summed E-state index contributed by atoms with van der Waals surface area (Å²) in [6.07, 6.45) is 1.48. The fourth-order valence-electron chi connectivity index (χ4n) is 3.84. The monoisotopic (exact) mass is 527 g/mol. The van der Waals surface area contributed by atoms with Gasteiger partial charge in [-0.15, -0.1) is 0 Å². The van der Waals surface area contributed by atoms with Crippen LogP contribution in [-0.2, 0) is 20.6 Å². The summed E-state index contributed by atoms with van der Waals surface area (Å²) in [5.74, 6) is -1.85. The minimum atomic E-state index is -3.76. The molecule has 2 atom stereocenters. The van der Waals surface area contributed by atoms with Gasteiger partial charge in [0.25, 0.3) is 0 Å². The molecule has 9 heteroatoms. The summed E-state index contributed by atoms with van der Waals surface area (Å²) in [6, 6.07) is 25.3. The zero-order valence-electron chi connectivity index (χ0n) is 19.2. The summed E-state index contributed by atoms with van der Waals surface area (Å²) in [5.41, 5.74) is 3.45. The van der Waals surface area contributed by atoms with Crippen molar-refractivity contribution >= 4 is 84.0 Å². The first kappa shape index (κ1) is 32.8. The Morgan fingerprint density at radius 3 is 1.92 bits per heavy atom. The van der Waals surface area contributed by atoms with Crippen LogP contribution in [0.2, 0.25) is 0 Å². The molecular formula is C27H32NNa2O5P. The fraction of sp³-hybridized carbons (Fsp3) is 0.259. The predicted molar refractivity (Wildman–Crippen MR) is 150 cm³/mol. The first-order valence-electron chi connectivity index (χ1n) is 11.3. The summed E-state index contributed by atoms with van der Waals surface area (Å²) in [4.78, 5) is 36.3. The van der Waals surface area contributed by atoms with Gasteiger partial charge in [0.15, 0.2) is 0 Å². The van der Waals surface area contributed by atoms with Crippen LogP contribution in [-0.4, -0.2) is 99.4 Å². The van der Waals surface area contributed by atoms with E-state index in [4.69, 9.17) is 0 Å². The van der Waals surface area contributed by atoms with E-state index in [1.54, 1.807) is 12.1 Å². The van der Waals surface area contributed by atoms with Crippen molar-refractivity contribution in [3.63, 3.8) is 0 Å². The van der Waals surface area contributed by atoms with E-state index < -0.39 is 31.4 Å². The zero-order chi connectivity index (χ0) is 24.6. The van der Waals surface area contributed by atoms with Gasteiger partial charge in [0.05, 0.1) is 0 Å². The Morgan fingerprint density at radius 1 is 0.833 bits per heavy atom. The van der Waals surface area contributed by atoms with Gasteiger partial charge in [0.1, 0.15) is 12.2 Å². The number of carbonyl (C=O) groups excluding carboxylic acids is 1. The molecule has 0 bridgehead atoms. The number of hydrogen-bond acceptors (Lipinski definition) is 3. The van der Waals surface area contributed by atoms with Crippen molar-refractivity contribution in [3.8, 4) is 11.1 Å². The molecule has 0 aliphatic rings. The van der Waals surface area contributed by atoms with Gasteiger partial charge >= 0.3 is 65.1 Å². The molecule has 36 heavy (non-hydrogen) atoms. The van der Waals surface area contributed by atoms with Crippen LogP contribution in [0, 0.1) is 0 Å². The number of aliphatic carboxylic acids is 1. The number of carboxylic acids is 1. The summed E-state index contributed by atoms with van der Waals surface area (Å²) >= 11 is 0. The van der Waals surface area contributed by atoms with Gasteiger partial charge in [0, 0.05) is 11.8 Å². The van der Waals surface area contributed by atoms with Gasteiger partial charge in [0.2, 0.25) is 13.3 Å². The third-order valence-electron chi connectivity index (χ3n) is 5.71. The summed E-state index contributed by atoms with van der Waals surface area (Å²) in [7, 11) is -3.76. The second-order valence-corrected chi connectivity index (χ2v) is 10.8. The van der Waals surface area contributed by atoms with Gasteiger partial charge in [-0.25, -0.2) is 4.79 Å². The average molecular weight is 528 g/mol. The maximum absolute atomic E-state index is 13.0. The van der Waals surface area contributed by atoms with Crippen molar-refractivity contribution < 1.29 is 24.2 Å². The van der Waals surface area contributed by atoms with Gasteiger partial charge in [-0.1, -0.05) is 72.8 Å². The molecule has 0 fully saturated rings. The molecule has 1 unspecified atom stereocenters. The number of amides is 1. The molecule has 1 amide bonds. The second-order valence-electron chi connectivity index (χ2n) is 8.36. The number of carbonyl (C=O) groups is 2. The Morgan fingerprint density at radius 2 is 1.36 bits per heavy atom. The Balaban J connectivity index is 0.00000324. The number of rotatable bonds is 11. The van der Waals surface area contributed by atoms with Gasteiger partial charge in [-0.05, 0) is 55.0 Å². The van der Waals surface area contributed by atoms with Crippen LogP contribution in [0.1, 0.15) is 25.3 Å². The molecule has 0 saturated carbocycles. The number of hydrogen-bond donors (Lipinski definition) is 2. The number of carboxylic acid groups (broad SMARTS) is 1. The molecule has 0 radical (unpaired) electrons. The Hall–Kier alpha value is -1.21. The van der Waals surface area contributed by atoms with E-state index in [-0.39, 0.29) is 65.3 Å². The van der Waals surface area contributed by atoms with E-state index in [0.29, 0.717) is 12.1 Å². The normalized spacial score (nSPS) is 12.8. The van der Waals surface area contributed by atoms with E-state index in [1.165, 1.54) is 6.92 Å². The van der Waals surface area contributed by atoms with Crippen LogP contribution in [0.3, 0.4) is 0 Å². The molecule has 0 spiro atoms. The van der Waals surface area contributed by atoms with Crippen LogP contribution in [0.15, 0.2) is 84.9 Å². The van der Waals surface area contributed by atoms with Crippen molar-refractivity contribution in [1.29, 1.82) is 0 Å². The molecule has 182 valence electrons. The molecule has 3 aromatic carbocycles. The van der Waals surface area contributed by atoms with E-state index in [9.17, 15) is 24.2 Å². The molecule has 0 saturated heterocycles. The molecule has 0 aliphatic heterocycles. The maximum atomic E-state index is 13.0. The first-order chi connectivity index (χ1) is 16.3. The zero-order valence-corrected chi connectivity index (χ0v) is 20.1. The first-order valence-corrected chi connectivity index (χ1v) is 13.3. The standard InChI is InChI=1S/C27H30NO5P.2Na.2H/c1-21(27(30)31)28(25-17-15-24(16-18-25)23-13-6-3-7-14-23)26(29)20-34(32,33)19-9-8-12-22-10-4-2-5-11-22;;;;/h2-7,10-11,13-18,21H,8-9,12,19-20H2,1H3,(H,30,31)(H,32,33);;;;/t21-;;;;/m0..../s1. The predicted octanol–water partition coefficient (Wildman–Crippen LogP) is 4.16. The fourth-order valence-corrected chi connectivity index (χ4v) is 5.29. The Kier molecular flexibility index (Phi) is 14.5. The second kappa shape index (κ2) is 15.9. The Labute approximate surface area is 257 Å². The number of aryl methyl sites for hydroxylation is 1. The third-order valence-corrected chi connectivity index (χ3v) is 7.49. The molecule has 0 aliphatic carbocycles. The molecule has 6 nitrogen and oxygen atoms in total. The third kappa shape index (κ3) is 9.92. The topological polar surface area (TPSA) is 94.9 Å². The van der Waals surface area contributed by atoms with Gasteiger partial charge in [-0.3, -0.25) is 14.3 Å². The number of anilines is 1.